The number of hydrogen-bond acceptors (Lipinski definition) is 4. The largest absolute Gasteiger partial charge is 0.494 e. The van der Waals surface area contributed by atoms with Crippen LogP contribution in [0.2, 0.25) is 0 Å². The maximum Gasteiger partial charge on any atom is 0.190 e. The van der Waals surface area contributed by atoms with Crippen molar-refractivity contribution in [3.63, 3.8) is 0 Å². The highest BCUT2D eigenvalue weighted by atomic mass is 127. The fourth-order valence-electron chi connectivity index (χ4n) is 2.74. The highest BCUT2D eigenvalue weighted by Crippen LogP contribution is 2.27. The molecule has 0 fully saturated rings. The van der Waals surface area contributed by atoms with E-state index in [0.717, 1.165) is 55.6 Å². The van der Waals surface area contributed by atoms with E-state index in [1.54, 1.807) is 21.3 Å². The molecular weight excluding hydrogens is 481 g/mol. The lowest BCUT2D eigenvalue weighted by atomic mass is 10.1. The van der Waals surface area contributed by atoms with Crippen LogP contribution in [0.25, 0.3) is 0 Å². The summed E-state index contributed by atoms with van der Waals surface area (Å²) in [4.78, 5) is 4.26. The number of hydrogen-bond donors (Lipinski definition) is 2. The highest BCUT2D eigenvalue weighted by molar-refractivity contribution is 14.0. The van der Waals surface area contributed by atoms with Gasteiger partial charge >= 0.3 is 0 Å². The average molecular weight is 513 g/mol. The number of rotatable bonds is 11. The molecule has 2 N–H and O–H groups in total. The third-order valence-electron chi connectivity index (χ3n) is 4.23. The minimum atomic E-state index is 0. The van der Waals surface area contributed by atoms with Crippen LogP contribution in [-0.4, -0.2) is 46.9 Å². The Bertz CT molecular complexity index is 726. The van der Waals surface area contributed by atoms with Gasteiger partial charge in [-0.25, -0.2) is 0 Å². The number of methoxy groups -OCH3 is 2. The van der Waals surface area contributed by atoms with Crippen LogP contribution in [-0.2, 0) is 6.42 Å². The quantitative estimate of drug-likeness (QED) is 0.207. The Hall–Kier alpha value is -2.16. The molecule has 7 heteroatoms. The van der Waals surface area contributed by atoms with Crippen molar-refractivity contribution >= 4 is 29.9 Å². The Morgan fingerprint density at radius 2 is 1.59 bits per heavy atom. The van der Waals surface area contributed by atoms with E-state index in [1.165, 1.54) is 5.56 Å². The number of halogens is 1. The van der Waals surface area contributed by atoms with Crippen LogP contribution >= 0.6 is 24.0 Å². The van der Waals surface area contributed by atoms with Crippen molar-refractivity contribution in [3.05, 3.63) is 54.1 Å². The second-order valence-electron chi connectivity index (χ2n) is 6.23. The summed E-state index contributed by atoms with van der Waals surface area (Å²) in [6.45, 7) is 2.32. The van der Waals surface area contributed by atoms with Gasteiger partial charge in [0.25, 0.3) is 0 Å². The lowest BCUT2D eigenvalue weighted by molar-refractivity contribution is 0.311. The standard InChI is InChI=1S/C22H31N3O3.HI/c1-23-22(25-15-8-16-28-19-10-5-4-6-11-19)24-14-7-9-18-12-13-20(26-2)21(17-18)27-3;/h4-6,10-13,17H,7-9,14-16H2,1-3H3,(H2,23,24,25);1H. The number of nitrogens with one attached hydrogen (secondary N) is 2. The molecule has 0 atom stereocenters. The topological polar surface area (TPSA) is 64.1 Å². The first kappa shape index (κ1) is 24.9. The van der Waals surface area contributed by atoms with E-state index in [1.807, 2.05) is 42.5 Å². The monoisotopic (exact) mass is 513 g/mol. The van der Waals surface area contributed by atoms with Crippen molar-refractivity contribution in [1.82, 2.24) is 10.6 Å². The Morgan fingerprint density at radius 1 is 0.897 bits per heavy atom. The van der Waals surface area contributed by atoms with Crippen molar-refractivity contribution in [2.75, 3.05) is 41.0 Å². The van der Waals surface area contributed by atoms with Gasteiger partial charge in [-0.05, 0) is 49.1 Å². The Morgan fingerprint density at radius 3 is 2.24 bits per heavy atom. The number of ether oxygens (including phenoxy) is 3. The molecule has 0 aliphatic carbocycles. The molecule has 160 valence electrons. The van der Waals surface area contributed by atoms with Crippen LogP contribution in [0, 0.1) is 0 Å². The molecule has 0 saturated carbocycles. The number of para-hydroxylation sites is 1. The van der Waals surface area contributed by atoms with E-state index < -0.39 is 0 Å². The molecule has 0 aromatic heterocycles. The maximum atomic E-state index is 5.68. The van der Waals surface area contributed by atoms with Gasteiger partial charge in [-0.2, -0.15) is 0 Å². The molecule has 6 nitrogen and oxygen atoms in total. The summed E-state index contributed by atoms with van der Waals surface area (Å²) in [7, 11) is 5.09. The summed E-state index contributed by atoms with van der Waals surface area (Å²) in [6, 6.07) is 15.9. The first-order valence-electron chi connectivity index (χ1n) is 9.60. The Kier molecular flexibility index (Phi) is 12.7. The lowest BCUT2D eigenvalue weighted by Gasteiger charge is -2.13. The fourth-order valence-corrected chi connectivity index (χ4v) is 2.74. The van der Waals surface area contributed by atoms with E-state index in [-0.39, 0.29) is 24.0 Å². The summed E-state index contributed by atoms with van der Waals surface area (Å²) in [5.41, 5.74) is 1.22. The predicted molar refractivity (Wildman–Crippen MR) is 129 cm³/mol. The van der Waals surface area contributed by atoms with Crippen LogP contribution in [0.4, 0.5) is 0 Å². The van der Waals surface area contributed by atoms with Crippen LogP contribution in [0.5, 0.6) is 17.2 Å². The van der Waals surface area contributed by atoms with E-state index >= 15 is 0 Å². The molecule has 2 aromatic carbocycles. The van der Waals surface area contributed by atoms with Crippen LogP contribution in [0.1, 0.15) is 18.4 Å². The number of aliphatic imine (C=N–C) groups is 1. The Labute approximate surface area is 191 Å². The molecule has 0 saturated heterocycles. The summed E-state index contributed by atoms with van der Waals surface area (Å²) >= 11 is 0. The van der Waals surface area contributed by atoms with Crippen LogP contribution < -0.4 is 24.8 Å². The molecule has 0 bridgehead atoms. The minimum absolute atomic E-state index is 0. The second-order valence-corrected chi connectivity index (χ2v) is 6.23. The fraction of sp³-hybridized carbons (Fsp3) is 0.409. The molecule has 0 aliphatic heterocycles. The van der Waals surface area contributed by atoms with Crippen molar-refractivity contribution < 1.29 is 14.2 Å². The normalized spacial score (nSPS) is 10.7. The third-order valence-corrected chi connectivity index (χ3v) is 4.23. The number of guanidine groups is 1. The SMILES string of the molecule is CN=C(NCCCOc1ccccc1)NCCCc1ccc(OC)c(OC)c1.I. The molecule has 2 aromatic rings. The molecule has 0 spiro atoms. The van der Waals surface area contributed by atoms with Crippen molar-refractivity contribution in [3.8, 4) is 17.2 Å². The first-order chi connectivity index (χ1) is 13.8. The maximum absolute atomic E-state index is 5.68. The number of aryl methyl sites for hydroxylation is 1. The minimum Gasteiger partial charge on any atom is -0.494 e. The van der Waals surface area contributed by atoms with E-state index in [9.17, 15) is 0 Å². The van der Waals surface area contributed by atoms with Gasteiger partial charge < -0.3 is 24.8 Å². The van der Waals surface area contributed by atoms with E-state index in [4.69, 9.17) is 14.2 Å². The molecule has 0 aliphatic rings. The molecular formula is C22H32IN3O3. The number of benzene rings is 2. The van der Waals surface area contributed by atoms with Crippen molar-refractivity contribution in [2.24, 2.45) is 4.99 Å². The van der Waals surface area contributed by atoms with Gasteiger partial charge in [0, 0.05) is 20.1 Å². The lowest BCUT2D eigenvalue weighted by Crippen LogP contribution is -2.38. The van der Waals surface area contributed by atoms with Gasteiger partial charge in [0.2, 0.25) is 0 Å². The van der Waals surface area contributed by atoms with Crippen molar-refractivity contribution in [1.29, 1.82) is 0 Å². The molecule has 2 rings (SSSR count). The van der Waals surface area contributed by atoms with Gasteiger partial charge in [-0.3, -0.25) is 4.99 Å². The molecule has 0 amide bonds. The summed E-state index contributed by atoms with van der Waals surface area (Å²) in [6.07, 6.45) is 2.85. The molecule has 29 heavy (non-hydrogen) atoms. The smallest absolute Gasteiger partial charge is 0.190 e. The summed E-state index contributed by atoms with van der Waals surface area (Å²) < 4.78 is 16.3. The van der Waals surface area contributed by atoms with E-state index in [2.05, 4.69) is 21.7 Å². The Balaban J connectivity index is 0.00000420. The van der Waals surface area contributed by atoms with Gasteiger partial charge in [0.1, 0.15) is 5.75 Å². The molecule has 0 radical (unpaired) electrons. The van der Waals surface area contributed by atoms with E-state index in [0.29, 0.717) is 6.61 Å². The van der Waals surface area contributed by atoms with Crippen molar-refractivity contribution in [2.45, 2.75) is 19.3 Å². The van der Waals surface area contributed by atoms with Crippen LogP contribution in [0.3, 0.4) is 0 Å². The third kappa shape index (κ3) is 9.25. The molecule has 0 heterocycles. The van der Waals surface area contributed by atoms with Gasteiger partial charge in [-0.1, -0.05) is 24.3 Å². The number of nitrogens with zero attached hydrogens (tertiary/aromatic N) is 1. The summed E-state index contributed by atoms with van der Waals surface area (Å²) in [5.74, 6) is 3.24. The predicted octanol–water partition coefficient (Wildman–Crippen LogP) is 3.89. The second kappa shape index (κ2) is 14.8. The van der Waals surface area contributed by atoms with Gasteiger partial charge in [0.15, 0.2) is 17.5 Å². The zero-order valence-electron chi connectivity index (χ0n) is 17.4. The molecule has 0 unspecified atom stereocenters. The zero-order chi connectivity index (χ0) is 20.0. The van der Waals surface area contributed by atoms with Gasteiger partial charge in [0.05, 0.1) is 20.8 Å². The highest BCUT2D eigenvalue weighted by Gasteiger charge is 2.04. The average Bonchev–Trinajstić information content (AvgIpc) is 2.75. The van der Waals surface area contributed by atoms with Crippen LogP contribution in [0.15, 0.2) is 53.5 Å². The zero-order valence-corrected chi connectivity index (χ0v) is 19.8. The van der Waals surface area contributed by atoms with Gasteiger partial charge in [-0.15, -0.1) is 24.0 Å². The summed E-state index contributed by atoms with van der Waals surface area (Å²) in [5, 5.41) is 6.65. The first-order valence-corrected chi connectivity index (χ1v) is 9.60.